The fraction of sp³-hybridized carbons (Fsp3) is 0.200. The van der Waals surface area contributed by atoms with E-state index in [-0.39, 0.29) is 17.2 Å². The van der Waals surface area contributed by atoms with Crippen LogP contribution < -0.4 is 11.1 Å². The molecule has 0 atom stereocenters. The molecule has 2 aliphatic rings. The lowest BCUT2D eigenvalue weighted by Crippen LogP contribution is -2.65. The summed E-state index contributed by atoms with van der Waals surface area (Å²) in [4.78, 5) is 31.6. The van der Waals surface area contributed by atoms with Gasteiger partial charge in [0.05, 0.1) is 11.4 Å². The minimum atomic E-state index is -0.221. The fourth-order valence-electron chi connectivity index (χ4n) is 5.65. The summed E-state index contributed by atoms with van der Waals surface area (Å²) in [6.07, 6.45) is 0. The summed E-state index contributed by atoms with van der Waals surface area (Å²) in [5.41, 5.74) is 11.8. The van der Waals surface area contributed by atoms with Crippen molar-refractivity contribution in [1.29, 1.82) is 0 Å². The van der Waals surface area contributed by atoms with Crippen molar-refractivity contribution in [3.05, 3.63) is 106 Å². The van der Waals surface area contributed by atoms with Crippen LogP contribution in [0.2, 0.25) is 0 Å². The summed E-state index contributed by atoms with van der Waals surface area (Å²) >= 11 is 1.64. The minimum absolute atomic E-state index is 0.00331. The van der Waals surface area contributed by atoms with Gasteiger partial charge >= 0.3 is 0 Å². The smallest absolute Gasteiger partial charge is 0.255 e. The van der Waals surface area contributed by atoms with Crippen molar-refractivity contribution >= 4 is 34.5 Å². The fourth-order valence-corrected chi connectivity index (χ4v) is 6.37. The van der Waals surface area contributed by atoms with E-state index in [1.54, 1.807) is 23.5 Å². The van der Waals surface area contributed by atoms with E-state index in [1.807, 2.05) is 70.9 Å². The molecule has 7 heteroatoms. The van der Waals surface area contributed by atoms with Gasteiger partial charge in [-0.1, -0.05) is 42.5 Å². The van der Waals surface area contributed by atoms with E-state index in [9.17, 15) is 9.59 Å². The number of nitrogens with zero attached hydrogens (tertiary/aromatic N) is 2. The number of likely N-dealkylation sites (tertiary alicyclic amines) is 1. The number of thiophene rings is 1. The largest absolute Gasteiger partial charge is 0.397 e. The van der Waals surface area contributed by atoms with Crippen molar-refractivity contribution < 1.29 is 9.59 Å². The second kappa shape index (κ2) is 9.18. The Morgan fingerprint density at radius 1 is 1.00 bits per heavy atom. The van der Waals surface area contributed by atoms with E-state index in [1.165, 1.54) is 5.56 Å². The van der Waals surface area contributed by atoms with E-state index in [0.717, 1.165) is 34.7 Å². The average molecular weight is 509 g/mol. The maximum atomic E-state index is 13.3. The highest BCUT2D eigenvalue weighted by atomic mass is 32.1. The Kier molecular flexibility index (Phi) is 5.82. The van der Waals surface area contributed by atoms with Crippen LogP contribution in [0.25, 0.3) is 10.4 Å². The Hall–Kier alpha value is -3.94. The zero-order chi connectivity index (χ0) is 25.6. The first-order valence-corrected chi connectivity index (χ1v) is 13.2. The van der Waals surface area contributed by atoms with Crippen molar-refractivity contribution in [3.63, 3.8) is 0 Å². The number of rotatable bonds is 5. The first-order valence-electron chi connectivity index (χ1n) is 12.3. The molecule has 0 saturated carbocycles. The predicted octanol–water partition coefficient (Wildman–Crippen LogP) is 5.09. The molecule has 1 spiro atoms. The number of carbonyl (C=O) groups excluding carboxylic acids is 2. The monoisotopic (exact) mass is 508 g/mol. The summed E-state index contributed by atoms with van der Waals surface area (Å²) in [5.74, 6) is -0.153. The third-order valence-corrected chi connectivity index (χ3v) is 8.27. The molecule has 0 aliphatic carbocycles. The molecule has 2 amide bonds. The van der Waals surface area contributed by atoms with E-state index in [4.69, 9.17) is 5.73 Å². The number of nitrogens with two attached hydrogens (primary N) is 1. The minimum Gasteiger partial charge on any atom is -0.397 e. The van der Waals surface area contributed by atoms with Gasteiger partial charge < -0.3 is 20.9 Å². The lowest BCUT2D eigenvalue weighted by atomic mass is 9.69. The predicted molar refractivity (Wildman–Crippen MR) is 149 cm³/mol. The maximum absolute atomic E-state index is 13.3. The first kappa shape index (κ1) is 23.5. The zero-order valence-electron chi connectivity index (χ0n) is 20.6. The van der Waals surface area contributed by atoms with Crippen LogP contribution in [0.1, 0.15) is 31.8 Å². The third-order valence-electron chi connectivity index (χ3n) is 7.35. The molecular weight excluding hydrogens is 480 g/mol. The van der Waals surface area contributed by atoms with Crippen molar-refractivity contribution in [3.8, 4) is 10.4 Å². The van der Waals surface area contributed by atoms with Gasteiger partial charge in [-0.15, -0.1) is 11.3 Å². The Morgan fingerprint density at radius 2 is 1.78 bits per heavy atom. The summed E-state index contributed by atoms with van der Waals surface area (Å²) in [6.45, 7) is 3.11. The number of nitrogens with one attached hydrogen (secondary N) is 1. The van der Waals surface area contributed by atoms with Gasteiger partial charge in [0, 0.05) is 47.6 Å². The summed E-state index contributed by atoms with van der Waals surface area (Å²) in [7, 11) is 2.12. The maximum Gasteiger partial charge on any atom is 0.255 e. The van der Waals surface area contributed by atoms with Gasteiger partial charge in [-0.3, -0.25) is 9.59 Å². The Labute approximate surface area is 220 Å². The Morgan fingerprint density at radius 3 is 2.51 bits per heavy atom. The molecule has 6 nitrogen and oxygen atoms in total. The molecule has 1 aromatic heterocycles. The number of amides is 2. The van der Waals surface area contributed by atoms with E-state index in [0.29, 0.717) is 30.0 Å². The molecule has 0 unspecified atom stereocenters. The van der Waals surface area contributed by atoms with Gasteiger partial charge in [-0.2, -0.15) is 0 Å². The molecule has 37 heavy (non-hydrogen) atoms. The van der Waals surface area contributed by atoms with Crippen LogP contribution in [0.15, 0.2) is 84.2 Å². The van der Waals surface area contributed by atoms with Crippen LogP contribution in [0.3, 0.4) is 0 Å². The highest BCUT2D eigenvalue weighted by Gasteiger charge is 2.49. The number of likely N-dealkylation sites (N-methyl/N-ethyl adjacent to an activating group) is 1. The molecular formula is C30H28N4O2S. The molecule has 3 heterocycles. The number of fused-ring (bicyclic) bond motifs is 2. The van der Waals surface area contributed by atoms with Crippen LogP contribution in [0.5, 0.6) is 0 Å². The van der Waals surface area contributed by atoms with E-state index >= 15 is 0 Å². The van der Waals surface area contributed by atoms with Gasteiger partial charge in [0.1, 0.15) is 0 Å². The van der Waals surface area contributed by atoms with E-state index in [2.05, 4.69) is 23.3 Å². The Bertz CT molecular complexity index is 1470. The molecule has 3 aromatic carbocycles. The first-order chi connectivity index (χ1) is 17.9. The average Bonchev–Trinajstić information content (AvgIpc) is 3.43. The second-order valence-corrected chi connectivity index (χ2v) is 11.0. The van der Waals surface area contributed by atoms with Crippen molar-refractivity contribution in [1.82, 2.24) is 9.80 Å². The molecule has 6 rings (SSSR count). The highest BCUT2D eigenvalue weighted by Crippen LogP contribution is 2.40. The van der Waals surface area contributed by atoms with Gasteiger partial charge in [0.25, 0.3) is 11.8 Å². The summed E-state index contributed by atoms with van der Waals surface area (Å²) in [6, 6.07) is 25.2. The Balaban J connectivity index is 1.17. The van der Waals surface area contributed by atoms with Crippen LogP contribution >= 0.6 is 11.3 Å². The van der Waals surface area contributed by atoms with Crippen LogP contribution in [-0.4, -0.2) is 48.3 Å². The van der Waals surface area contributed by atoms with Crippen LogP contribution in [-0.2, 0) is 12.0 Å². The van der Waals surface area contributed by atoms with Crippen molar-refractivity contribution in [2.45, 2.75) is 12.0 Å². The molecule has 4 aromatic rings. The third kappa shape index (κ3) is 4.30. The molecule has 2 aliphatic heterocycles. The van der Waals surface area contributed by atoms with E-state index < -0.39 is 0 Å². The highest BCUT2D eigenvalue weighted by molar-refractivity contribution is 7.13. The van der Waals surface area contributed by atoms with Crippen molar-refractivity contribution in [2.75, 3.05) is 37.7 Å². The van der Waals surface area contributed by atoms with Crippen LogP contribution in [0.4, 0.5) is 11.4 Å². The quantitative estimate of drug-likeness (QED) is 0.368. The number of anilines is 2. The molecule has 0 radical (unpaired) electrons. The van der Waals surface area contributed by atoms with Gasteiger partial charge in [-0.25, -0.2) is 0 Å². The van der Waals surface area contributed by atoms with Crippen LogP contribution in [0, 0.1) is 0 Å². The van der Waals surface area contributed by atoms with Gasteiger partial charge in [0.15, 0.2) is 0 Å². The number of hydrogen-bond donors (Lipinski definition) is 2. The SMILES string of the molecule is CN1CC2(C1)CN(Cc1ccc(C(=O)Nc3cc(-c4cccs4)ccc3N)cc1)C(=O)c1ccccc12. The lowest BCUT2D eigenvalue weighted by Gasteiger charge is -2.54. The molecule has 186 valence electrons. The molecule has 0 bridgehead atoms. The summed E-state index contributed by atoms with van der Waals surface area (Å²) in [5, 5.41) is 4.97. The standard InChI is InChI=1S/C30H28N4O2S/c1-33-17-30(18-33)19-34(29(36)23-5-2-3-6-24(23)30)16-20-8-10-21(11-9-20)28(35)32-26-15-22(12-13-25(26)31)27-7-4-14-37-27/h2-15H,16-19,31H2,1H3,(H,32,35). The van der Waals surface area contributed by atoms with Gasteiger partial charge in [0.2, 0.25) is 0 Å². The number of nitrogen functional groups attached to an aromatic ring is 1. The van der Waals surface area contributed by atoms with Gasteiger partial charge in [-0.05, 0) is 65.5 Å². The molecule has 1 saturated heterocycles. The molecule has 3 N–H and O–H groups in total. The topological polar surface area (TPSA) is 78.7 Å². The number of benzene rings is 3. The number of carbonyl (C=O) groups is 2. The van der Waals surface area contributed by atoms with Crippen molar-refractivity contribution in [2.24, 2.45) is 0 Å². The zero-order valence-corrected chi connectivity index (χ0v) is 21.4. The normalized spacial score (nSPS) is 16.4. The number of hydrogen-bond acceptors (Lipinski definition) is 5. The lowest BCUT2D eigenvalue weighted by molar-refractivity contribution is 0.0317. The summed E-state index contributed by atoms with van der Waals surface area (Å²) < 4.78 is 0. The molecule has 1 fully saturated rings. The second-order valence-electron chi connectivity index (χ2n) is 10.1.